The first kappa shape index (κ1) is 12.8. The van der Waals surface area contributed by atoms with Gasteiger partial charge < -0.3 is 4.74 Å². The molecule has 0 amide bonds. The molecule has 0 atom stereocenters. The van der Waals surface area contributed by atoms with Gasteiger partial charge in [-0.25, -0.2) is 0 Å². The van der Waals surface area contributed by atoms with E-state index < -0.39 is 0 Å². The van der Waals surface area contributed by atoms with E-state index in [1.807, 2.05) is 20.8 Å². The third-order valence-corrected chi connectivity index (χ3v) is 2.28. The summed E-state index contributed by atoms with van der Waals surface area (Å²) in [6.45, 7) is 9.92. The molecule has 2 nitrogen and oxygen atoms in total. The summed E-state index contributed by atoms with van der Waals surface area (Å²) < 4.78 is 5.17. The predicted molar refractivity (Wildman–Crippen MR) is 58.1 cm³/mol. The zero-order chi connectivity index (χ0) is 10.5. The standard InChI is InChI=1S/C10H20O2S/c1-8(2)13-7-6-9(11)12-10(3,4)5/h8H,6-7H2,1-5H3. The lowest BCUT2D eigenvalue weighted by molar-refractivity contribution is -0.154. The summed E-state index contributed by atoms with van der Waals surface area (Å²) >= 11 is 1.78. The van der Waals surface area contributed by atoms with Crippen molar-refractivity contribution in [3.8, 4) is 0 Å². The Morgan fingerprint density at radius 2 is 1.92 bits per heavy atom. The molecule has 0 aromatic rings. The van der Waals surface area contributed by atoms with Gasteiger partial charge in [-0.2, -0.15) is 11.8 Å². The summed E-state index contributed by atoms with van der Waals surface area (Å²) in [6, 6.07) is 0. The monoisotopic (exact) mass is 204 g/mol. The molecule has 0 unspecified atom stereocenters. The molecule has 78 valence electrons. The van der Waals surface area contributed by atoms with Crippen molar-refractivity contribution in [3.63, 3.8) is 0 Å². The first-order valence-corrected chi connectivity index (χ1v) is 5.69. The highest BCUT2D eigenvalue weighted by Crippen LogP contribution is 2.13. The maximum absolute atomic E-state index is 11.2. The lowest BCUT2D eigenvalue weighted by Gasteiger charge is -2.19. The van der Waals surface area contributed by atoms with Crippen molar-refractivity contribution >= 4 is 17.7 Å². The van der Waals surface area contributed by atoms with Gasteiger partial charge in [0.2, 0.25) is 0 Å². The normalized spacial score (nSPS) is 11.8. The maximum Gasteiger partial charge on any atom is 0.307 e. The Morgan fingerprint density at radius 3 is 2.31 bits per heavy atom. The molecule has 0 heterocycles. The first-order chi connectivity index (χ1) is 5.81. The van der Waals surface area contributed by atoms with Crippen molar-refractivity contribution in [3.05, 3.63) is 0 Å². The van der Waals surface area contributed by atoms with Crippen molar-refractivity contribution < 1.29 is 9.53 Å². The Bertz CT molecular complexity index is 159. The average Bonchev–Trinajstić information content (AvgIpc) is 1.81. The number of ether oxygens (including phenoxy) is 1. The molecular weight excluding hydrogens is 184 g/mol. The second kappa shape index (κ2) is 5.53. The lowest BCUT2D eigenvalue weighted by atomic mass is 10.2. The number of hydrogen-bond donors (Lipinski definition) is 0. The van der Waals surface area contributed by atoms with Crippen molar-refractivity contribution in [2.75, 3.05) is 5.75 Å². The molecule has 0 aliphatic rings. The zero-order valence-corrected chi connectivity index (χ0v) is 10.0. The molecule has 3 heteroatoms. The van der Waals surface area contributed by atoms with E-state index in [0.29, 0.717) is 11.7 Å². The molecule has 0 aliphatic carbocycles. The fourth-order valence-corrected chi connectivity index (χ4v) is 1.53. The Labute approximate surface area is 85.4 Å². The summed E-state index contributed by atoms with van der Waals surface area (Å²) in [6.07, 6.45) is 0.514. The molecular formula is C10H20O2S. The third-order valence-electron chi connectivity index (χ3n) is 1.18. The van der Waals surface area contributed by atoms with Crippen LogP contribution in [0.4, 0.5) is 0 Å². The zero-order valence-electron chi connectivity index (χ0n) is 9.22. The topological polar surface area (TPSA) is 26.3 Å². The molecule has 0 aliphatic heterocycles. The smallest absolute Gasteiger partial charge is 0.307 e. The minimum absolute atomic E-state index is 0.0966. The quantitative estimate of drug-likeness (QED) is 0.659. The van der Waals surface area contributed by atoms with Crippen LogP contribution >= 0.6 is 11.8 Å². The number of hydrogen-bond acceptors (Lipinski definition) is 3. The van der Waals surface area contributed by atoms with Gasteiger partial charge in [0.15, 0.2) is 0 Å². The lowest BCUT2D eigenvalue weighted by Crippen LogP contribution is -2.24. The largest absolute Gasteiger partial charge is 0.460 e. The summed E-state index contributed by atoms with van der Waals surface area (Å²) in [5.74, 6) is 0.757. The number of carbonyl (C=O) groups excluding carboxylic acids is 1. The molecule has 13 heavy (non-hydrogen) atoms. The van der Waals surface area contributed by atoms with Crippen molar-refractivity contribution in [2.45, 2.75) is 51.9 Å². The third kappa shape index (κ3) is 9.74. The van der Waals surface area contributed by atoms with Crippen LogP contribution < -0.4 is 0 Å². The van der Waals surface area contributed by atoms with E-state index in [-0.39, 0.29) is 11.6 Å². The molecule has 0 aromatic carbocycles. The van der Waals surface area contributed by atoms with Crippen LogP contribution in [0.1, 0.15) is 41.0 Å². The van der Waals surface area contributed by atoms with Crippen molar-refractivity contribution in [1.82, 2.24) is 0 Å². The Morgan fingerprint density at radius 1 is 1.38 bits per heavy atom. The Balaban J connectivity index is 3.53. The fourth-order valence-electron chi connectivity index (χ4n) is 0.770. The molecule has 0 bridgehead atoms. The van der Waals surface area contributed by atoms with E-state index in [1.165, 1.54) is 0 Å². The van der Waals surface area contributed by atoms with E-state index in [4.69, 9.17) is 4.74 Å². The van der Waals surface area contributed by atoms with E-state index in [9.17, 15) is 4.79 Å². The second-order valence-electron chi connectivity index (χ2n) is 4.26. The van der Waals surface area contributed by atoms with Gasteiger partial charge in [0.05, 0.1) is 6.42 Å². The summed E-state index contributed by atoms with van der Waals surface area (Å²) in [5.41, 5.74) is -0.348. The number of rotatable bonds is 4. The van der Waals surface area contributed by atoms with Gasteiger partial charge in [0.25, 0.3) is 0 Å². The van der Waals surface area contributed by atoms with Crippen molar-refractivity contribution in [1.29, 1.82) is 0 Å². The van der Waals surface area contributed by atoms with Gasteiger partial charge in [-0.15, -0.1) is 0 Å². The van der Waals surface area contributed by atoms with E-state index >= 15 is 0 Å². The van der Waals surface area contributed by atoms with E-state index in [0.717, 1.165) is 5.75 Å². The summed E-state index contributed by atoms with van der Waals surface area (Å²) in [5, 5.41) is 0.586. The van der Waals surface area contributed by atoms with E-state index in [1.54, 1.807) is 11.8 Å². The Hall–Kier alpha value is -0.180. The maximum atomic E-state index is 11.2. The van der Waals surface area contributed by atoms with Crippen LogP contribution in [0.15, 0.2) is 0 Å². The summed E-state index contributed by atoms with van der Waals surface area (Å²) in [4.78, 5) is 11.2. The Kier molecular flexibility index (Phi) is 5.45. The minimum Gasteiger partial charge on any atom is -0.460 e. The van der Waals surface area contributed by atoms with Gasteiger partial charge in [0, 0.05) is 5.75 Å². The summed E-state index contributed by atoms with van der Waals surface area (Å²) in [7, 11) is 0. The molecule has 0 rings (SSSR count). The first-order valence-electron chi connectivity index (χ1n) is 4.65. The second-order valence-corrected chi connectivity index (χ2v) is 5.94. The molecule has 0 fully saturated rings. The average molecular weight is 204 g/mol. The van der Waals surface area contributed by atoms with Crippen LogP contribution in [0.3, 0.4) is 0 Å². The molecule has 0 saturated heterocycles. The highest BCUT2D eigenvalue weighted by atomic mass is 32.2. The van der Waals surface area contributed by atoms with Crippen LogP contribution in [0.25, 0.3) is 0 Å². The van der Waals surface area contributed by atoms with Crippen LogP contribution in [-0.4, -0.2) is 22.6 Å². The highest BCUT2D eigenvalue weighted by molar-refractivity contribution is 7.99. The minimum atomic E-state index is -0.348. The van der Waals surface area contributed by atoms with Gasteiger partial charge >= 0.3 is 5.97 Å². The van der Waals surface area contributed by atoms with Gasteiger partial charge in [-0.05, 0) is 26.0 Å². The molecule has 0 saturated carbocycles. The molecule has 0 N–H and O–H groups in total. The van der Waals surface area contributed by atoms with Crippen LogP contribution in [0.2, 0.25) is 0 Å². The molecule has 0 radical (unpaired) electrons. The van der Waals surface area contributed by atoms with Gasteiger partial charge in [-0.1, -0.05) is 13.8 Å². The number of esters is 1. The van der Waals surface area contributed by atoms with E-state index in [2.05, 4.69) is 13.8 Å². The van der Waals surface area contributed by atoms with Gasteiger partial charge in [-0.3, -0.25) is 4.79 Å². The number of carbonyl (C=O) groups is 1. The number of thioether (sulfide) groups is 1. The van der Waals surface area contributed by atoms with Crippen molar-refractivity contribution in [2.24, 2.45) is 0 Å². The van der Waals surface area contributed by atoms with Crippen LogP contribution in [0.5, 0.6) is 0 Å². The highest BCUT2D eigenvalue weighted by Gasteiger charge is 2.15. The predicted octanol–water partition coefficient (Wildman–Crippen LogP) is 2.86. The fraction of sp³-hybridized carbons (Fsp3) is 0.900. The van der Waals surface area contributed by atoms with Crippen LogP contribution in [0, 0.1) is 0 Å². The molecule has 0 aromatic heterocycles. The molecule has 0 spiro atoms. The SMILES string of the molecule is CC(C)SCCC(=O)OC(C)(C)C. The van der Waals surface area contributed by atoms with Crippen LogP contribution in [-0.2, 0) is 9.53 Å². The van der Waals surface area contributed by atoms with Gasteiger partial charge in [0.1, 0.15) is 5.60 Å².